The van der Waals surface area contributed by atoms with E-state index in [0.717, 1.165) is 12.8 Å². The third-order valence-corrected chi connectivity index (χ3v) is 4.11. The van der Waals surface area contributed by atoms with Gasteiger partial charge in [-0.1, -0.05) is 0 Å². The predicted octanol–water partition coefficient (Wildman–Crippen LogP) is 1.01. The van der Waals surface area contributed by atoms with Gasteiger partial charge in [-0.2, -0.15) is 9.61 Å². The molecule has 2 aromatic rings. The zero-order chi connectivity index (χ0) is 19.8. The third-order valence-electron chi connectivity index (χ3n) is 4.11. The first-order valence-corrected chi connectivity index (χ1v) is 8.96. The van der Waals surface area contributed by atoms with Crippen LogP contribution in [0.2, 0.25) is 0 Å². The molecule has 5 N–H and O–H groups in total. The van der Waals surface area contributed by atoms with Crippen molar-refractivity contribution < 1.29 is 14.4 Å². The SMILES string of the molecule is CC(C)NC(=O)Nc1cc(NC2CC2)n2ncc(/C=C3\NC(=O)NC3=O)c2n1. The summed E-state index contributed by atoms with van der Waals surface area (Å²) in [6.07, 6.45) is 5.16. The van der Waals surface area contributed by atoms with E-state index >= 15 is 0 Å². The van der Waals surface area contributed by atoms with Gasteiger partial charge in [-0.05, 0) is 32.8 Å². The molecule has 1 saturated carbocycles. The second-order valence-electron chi connectivity index (χ2n) is 7.00. The Morgan fingerprint density at radius 3 is 2.75 bits per heavy atom. The highest BCUT2D eigenvalue weighted by Crippen LogP contribution is 2.27. The molecule has 3 heterocycles. The average Bonchev–Trinajstić information content (AvgIpc) is 3.23. The molecule has 2 aromatic heterocycles. The van der Waals surface area contributed by atoms with Crippen molar-refractivity contribution in [1.29, 1.82) is 0 Å². The van der Waals surface area contributed by atoms with E-state index in [4.69, 9.17) is 0 Å². The first kappa shape index (κ1) is 17.8. The summed E-state index contributed by atoms with van der Waals surface area (Å²) in [6, 6.07) is 1.09. The Morgan fingerprint density at radius 2 is 2.11 bits per heavy atom. The van der Waals surface area contributed by atoms with Crippen LogP contribution in [0.5, 0.6) is 0 Å². The van der Waals surface area contributed by atoms with Gasteiger partial charge in [0.1, 0.15) is 17.3 Å². The highest BCUT2D eigenvalue weighted by Gasteiger charge is 2.25. The normalized spacial score (nSPS) is 17.8. The monoisotopic (exact) mass is 384 g/mol. The summed E-state index contributed by atoms with van der Waals surface area (Å²) in [6.45, 7) is 3.72. The zero-order valence-electron chi connectivity index (χ0n) is 15.4. The van der Waals surface area contributed by atoms with Crippen LogP contribution in [0.3, 0.4) is 0 Å². The number of aromatic nitrogens is 3. The Morgan fingerprint density at radius 1 is 1.32 bits per heavy atom. The Balaban J connectivity index is 1.72. The Hall–Kier alpha value is -3.63. The van der Waals surface area contributed by atoms with Gasteiger partial charge >= 0.3 is 12.1 Å². The molecular formula is C17H20N8O3. The largest absolute Gasteiger partial charge is 0.367 e. The number of amides is 5. The van der Waals surface area contributed by atoms with E-state index in [1.165, 1.54) is 6.08 Å². The summed E-state index contributed by atoms with van der Waals surface area (Å²) in [5.74, 6) is 0.497. The molecule has 5 amide bonds. The van der Waals surface area contributed by atoms with E-state index < -0.39 is 11.9 Å². The molecule has 0 unspecified atom stereocenters. The van der Waals surface area contributed by atoms with Crippen LogP contribution in [0.15, 0.2) is 18.0 Å². The van der Waals surface area contributed by atoms with Crippen molar-refractivity contribution >= 4 is 41.3 Å². The molecule has 0 spiro atoms. The molecule has 11 heteroatoms. The third kappa shape index (κ3) is 3.72. The minimum atomic E-state index is -0.579. The summed E-state index contributed by atoms with van der Waals surface area (Å²) in [4.78, 5) is 39.6. The van der Waals surface area contributed by atoms with Gasteiger partial charge in [-0.3, -0.25) is 15.4 Å². The Bertz CT molecular complexity index is 1010. The maximum Gasteiger partial charge on any atom is 0.326 e. The molecule has 0 radical (unpaired) electrons. The van der Waals surface area contributed by atoms with Crippen LogP contribution >= 0.6 is 0 Å². The van der Waals surface area contributed by atoms with E-state index in [1.807, 2.05) is 13.8 Å². The van der Waals surface area contributed by atoms with Crippen molar-refractivity contribution in [1.82, 2.24) is 30.5 Å². The van der Waals surface area contributed by atoms with Gasteiger partial charge in [0.05, 0.1) is 6.20 Å². The number of hydrogen-bond acceptors (Lipinski definition) is 6. The molecule has 4 rings (SSSR count). The van der Waals surface area contributed by atoms with E-state index in [1.54, 1.807) is 16.8 Å². The number of anilines is 2. The van der Waals surface area contributed by atoms with Gasteiger partial charge < -0.3 is 16.0 Å². The van der Waals surface area contributed by atoms with Gasteiger partial charge in [0.2, 0.25) is 0 Å². The first-order valence-electron chi connectivity index (χ1n) is 8.96. The topological polar surface area (TPSA) is 142 Å². The lowest BCUT2D eigenvalue weighted by Crippen LogP contribution is -2.34. The summed E-state index contributed by atoms with van der Waals surface area (Å²) in [7, 11) is 0. The molecule has 0 atom stereocenters. The molecule has 0 bridgehead atoms. The lowest BCUT2D eigenvalue weighted by Gasteiger charge is -2.12. The fraction of sp³-hybridized carbons (Fsp3) is 0.353. The number of nitrogens with zero attached hydrogens (tertiary/aromatic N) is 3. The molecule has 146 valence electrons. The van der Waals surface area contributed by atoms with Crippen LogP contribution in [0, 0.1) is 0 Å². The van der Waals surface area contributed by atoms with E-state index in [0.29, 0.717) is 28.9 Å². The van der Waals surface area contributed by atoms with Crippen molar-refractivity contribution in [3.05, 3.63) is 23.5 Å². The maximum absolute atomic E-state index is 12.1. The molecule has 2 fully saturated rings. The predicted molar refractivity (Wildman–Crippen MR) is 102 cm³/mol. The van der Waals surface area contributed by atoms with Crippen LogP contribution in [0.1, 0.15) is 32.3 Å². The second-order valence-corrected chi connectivity index (χ2v) is 7.00. The number of imide groups is 1. The maximum atomic E-state index is 12.1. The van der Waals surface area contributed by atoms with Gasteiger partial charge in [0.15, 0.2) is 5.65 Å². The van der Waals surface area contributed by atoms with Crippen LogP contribution in [0.25, 0.3) is 11.7 Å². The van der Waals surface area contributed by atoms with Crippen molar-refractivity contribution in [2.75, 3.05) is 10.6 Å². The summed E-state index contributed by atoms with van der Waals surface area (Å²) in [5, 5.41) is 17.7. The highest BCUT2D eigenvalue weighted by atomic mass is 16.2. The number of carbonyl (C=O) groups is 3. The van der Waals surface area contributed by atoms with Crippen molar-refractivity contribution in [3.63, 3.8) is 0 Å². The van der Waals surface area contributed by atoms with Gasteiger partial charge in [-0.25, -0.2) is 14.6 Å². The molecule has 1 aliphatic heterocycles. The first-order chi connectivity index (χ1) is 13.4. The highest BCUT2D eigenvalue weighted by molar-refractivity contribution is 6.14. The fourth-order valence-electron chi connectivity index (χ4n) is 2.74. The van der Waals surface area contributed by atoms with Crippen LogP contribution < -0.4 is 26.6 Å². The Kier molecular flexibility index (Phi) is 4.34. The summed E-state index contributed by atoms with van der Waals surface area (Å²) < 4.78 is 1.60. The molecular weight excluding hydrogens is 364 g/mol. The number of rotatable bonds is 5. The number of carbonyl (C=O) groups excluding carboxylic acids is 3. The minimum Gasteiger partial charge on any atom is -0.367 e. The molecule has 28 heavy (non-hydrogen) atoms. The second kappa shape index (κ2) is 6.83. The molecule has 2 aliphatic rings. The molecule has 0 aromatic carbocycles. The summed E-state index contributed by atoms with van der Waals surface area (Å²) in [5.41, 5.74) is 1.07. The molecule has 1 saturated heterocycles. The van der Waals surface area contributed by atoms with Crippen LogP contribution in [-0.2, 0) is 4.79 Å². The number of hydrogen-bond donors (Lipinski definition) is 5. The van der Waals surface area contributed by atoms with Crippen molar-refractivity contribution in [3.8, 4) is 0 Å². The number of urea groups is 2. The fourth-order valence-corrected chi connectivity index (χ4v) is 2.74. The van der Waals surface area contributed by atoms with Crippen molar-refractivity contribution in [2.45, 2.75) is 38.8 Å². The standard InChI is InChI=1S/C17H20N8O3/c1-8(2)19-16(27)23-12-6-13(20-10-3-4-10)25-14(22-12)9(7-18-25)5-11-15(26)24-17(28)21-11/h5-8,10,20H,3-4H2,1-2H3,(H2,19,22,23,27)(H2,21,24,26,28)/b11-5-. The Labute approximate surface area is 160 Å². The van der Waals surface area contributed by atoms with Crippen molar-refractivity contribution in [2.24, 2.45) is 0 Å². The number of nitrogens with one attached hydrogen (secondary N) is 5. The summed E-state index contributed by atoms with van der Waals surface area (Å²) >= 11 is 0. The van der Waals surface area contributed by atoms with E-state index in [-0.39, 0.29) is 17.8 Å². The average molecular weight is 384 g/mol. The molecule has 1 aliphatic carbocycles. The van der Waals surface area contributed by atoms with E-state index in [9.17, 15) is 14.4 Å². The van der Waals surface area contributed by atoms with Crippen LogP contribution in [-0.4, -0.2) is 44.7 Å². The van der Waals surface area contributed by atoms with Gasteiger partial charge in [0, 0.05) is 23.7 Å². The molecule has 11 nitrogen and oxygen atoms in total. The smallest absolute Gasteiger partial charge is 0.326 e. The lowest BCUT2D eigenvalue weighted by molar-refractivity contribution is -0.115. The van der Waals surface area contributed by atoms with Crippen LogP contribution in [0.4, 0.5) is 21.2 Å². The lowest BCUT2D eigenvalue weighted by atomic mass is 10.2. The quantitative estimate of drug-likeness (QED) is 0.385. The van der Waals surface area contributed by atoms with Gasteiger partial charge in [0.25, 0.3) is 5.91 Å². The number of fused-ring (bicyclic) bond motifs is 1. The van der Waals surface area contributed by atoms with E-state index in [2.05, 4.69) is 36.7 Å². The zero-order valence-corrected chi connectivity index (χ0v) is 15.4. The van der Waals surface area contributed by atoms with Gasteiger partial charge in [-0.15, -0.1) is 0 Å². The minimum absolute atomic E-state index is 0.0208.